The largest absolute Gasteiger partial charge is 0.378 e. The number of amides is 1. The van der Waals surface area contributed by atoms with Crippen LogP contribution in [0.15, 0.2) is 24.3 Å². The molecule has 1 aromatic rings. The predicted molar refractivity (Wildman–Crippen MR) is 97.4 cm³/mol. The molecule has 128 valence electrons. The van der Waals surface area contributed by atoms with Gasteiger partial charge in [-0.05, 0) is 12.5 Å². The Bertz CT molecular complexity index is 506. The number of hydrogen-bond donors (Lipinski definition) is 1. The number of ether oxygens (including phenoxy) is 1. The fourth-order valence-corrected chi connectivity index (χ4v) is 4.13. The maximum Gasteiger partial charge on any atom is 0.224 e. The number of nitrogens with zero attached hydrogens (tertiary/aromatic N) is 1. The van der Waals surface area contributed by atoms with Gasteiger partial charge in [0.25, 0.3) is 0 Å². The van der Waals surface area contributed by atoms with Gasteiger partial charge in [0.2, 0.25) is 5.91 Å². The number of morpholine rings is 1. The van der Waals surface area contributed by atoms with Crippen LogP contribution in [0.25, 0.3) is 0 Å². The predicted octanol–water partition coefficient (Wildman–Crippen LogP) is 2.41. The molecular weight excluding hydrogens is 332 g/mol. The van der Waals surface area contributed by atoms with E-state index in [1.165, 1.54) is 11.1 Å². The lowest BCUT2D eigenvalue weighted by atomic mass is 10.0. The second-order valence-corrected chi connectivity index (χ2v) is 7.17. The standard InChI is InChI=1S/C17H24N2O2S.ClH/c1-13-2-4-14(5-3-13)16-12-22-9-7-19(16)17(20)10-15-11-21-8-6-18-15;/h2-5,15-16,18H,6-12H2,1H3;1H. The van der Waals surface area contributed by atoms with Gasteiger partial charge in [0.1, 0.15) is 0 Å². The third-order valence-corrected chi connectivity index (χ3v) is 5.35. The molecule has 2 aliphatic heterocycles. The lowest BCUT2D eigenvalue weighted by molar-refractivity contribution is -0.134. The number of carbonyl (C=O) groups excluding carboxylic acids is 1. The van der Waals surface area contributed by atoms with Gasteiger partial charge in [0.05, 0.1) is 19.3 Å². The van der Waals surface area contributed by atoms with Crippen molar-refractivity contribution in [2.24, 2.45) is 0 Å². The molecule has 23 heavy (non-hydrogen) atoms. The number of nitrogens with one attached hydrogen (secondary N) is 1. The lowest BCUT2D eigenvalue weighted by Gasteiger charge is -2.37. The molecule has 6 heteroatoms. The van der Waals surface area contributed by atoms with Gasteiger partial charge in [0, 0.05) is 37.1 Å². The van der Waals surface area contributed by atoms with Crippen molar-refractivity contribution in [2.75, 3.05) is 37.8 Å². The first-order valence-electron chi connectivity index (χ1n) is 7.99. The van der Waals surface area contributed by atoms with Crippen molar-refractivity contribution in [3.05, 3.63) is 35.4 Å². The molecule has 0 saturated carbocycles. The Balaban J connectivity index is 0.00000192. The highest BCUT2D eigenvalue weighted by atomic mass is 35.5. The number of carbonyl (C=O) groups is 1. The number of halogens is 1. The first-order chi connectivity index (χ1) is 10.7. The zero-order valence-electron chi connectivity index (χ0n) is 13.5. The third kappa shape index (κ3) is 4.86. The SMILES string of the molecule is Cc1ccc(C2CSCCN2C(=O)CC2COCCN2)cc1.Cl. The van der Waals surface area contributed by atoms with Crippen molar-refractivity contribution in [1.29, 1.82) is 0 Å². The second-order valence-electron chi connectivity index (χ2n) is 6.02. The molecule has 2 atom stereocenters. The summed E-state index contributed by atoms with van der Waals surface area (Å²) in [7, 11) is 0. The first-order valence-corrected chi connectivity index (χ1v) is 9.14. The fraction of sp³-hybridized carbons (Fsp3) is 0.588. The molecule has 0 aliphatic carbocycles. The highest BCUT2D eigenvalue weighted by Crippen LogP contribution is 2.30. The van der Waals surface area contributed by atoms with Gasteiger partial charge in [-0.2, -0.15) is 11.8 Å². The Morgan fingerprint density at radius 1 is 1.39 bits per heavy atom. The quantitative estimate of drug-likeness (QED) is 0.903. The van der Waals surface area contributed by atoms with Crippen LogP contribution in [0.5, 0.6) is 0 Å². The van der Waals surface area contributed by atoms with Gasteiger partial charge in [-0.25, -0.2) is 0 Å². The van der Waals surface area contributed by atoms with E-state index in [1.54, 1.807) is 0 Å². The molecule has 0 spiro atoms. The van der Waals surface area contributed by atoms with Crippen LogP contribution in [0.4, 0.5) is 0 Å². The van der Waals surface area contributed by atoms with Gasteiger partial charge in [-0.1, -0.05) is 29.8 Å². The summed E-state index contributed by atoms with van der Waals surface area (Å²) in [6, 6.07) is 8.95. The van der Waals surface area contributed by atoms with Crippen LogP contribution in [0.3, 0.4) is 0 Å². The minimum absolute atomic E-state index is 0. The zero-order valence-corrected chi connectivity index (χ0v) is 15.1. The molecule has 0 radical (unpaired) electrons. The normalized spacial score (nSPS) is 24.8. The average molecular weight is 357 g/mol. The van der Waals surface area contributed by atoms with Gasteiger partial charge in [-0.15, -0.1) is 12.4 Å². The Hall–Kier alpha value is -0.750. The molecule has 1 amide bonds. The van der Waals surface area contributed by atoms with Crippen molar-refractivity contribution < 1.29 is 9.53 Å². The summed E-state index contributed by atoms with van der Waals surface area (Å²) >= 11 is 1.94. The van der Waals surface area contributed by atoms with Crippen molar-refractivity contribution in [3.8, 4) is 0 Å². The summed E-state index contributed by atoms with van der Waals surface area (Å²) in [5.41, 5.74) is 2.51. The van der Waals surface area contributed by atoms with Crippen LogP contribution in [-0.4, -0.2) is 54.7 Å². The monoisotopic (exact) mass is 356 g/mol. The van der Waals surface area contributed by atoms with E-state index >= 15 is 0 Å². The maximum atomic E-state index is 12.7. The summed E-state index contributed by atoms with van der Waals surface area (Å²) in [5, 5.41) is 3.37. The van der Waals surface area contributed by atoms with Crippen molar-refractivity contribution in [1.82, 2.24) is 10.2 Å². The molecule has 1 N–H and O–H groups in total. The molecule has 4 nitrogen and oxygen atoms in total. The van der Waals surface area contributed by atoms with Crippen LogP contribution in [0, 0.1) is 6.92 Å². The van der Waals surface area contributed by atoms with E-state index in [1.807, 2.05) is 11.8 Å². The second kappa shape index (κ2) is 8.92. The summed E-state index contributed by atoms with van der Waals surface area (Å²) in [6.07, 6.45) is 0.535. The Kier molecular flexibility index (Phi) is 7.21. The van der Waals surface area contributed by atoms with Crippen molar-refractivity contribution in [3.63, 3.8) is 0 Å². The van der Waals surface area contributed by atoms with Crippen molar-refractivity contribution in [2.45, 2.75) is 25.4 Å². The summed E-state index contributed by atoms with van der Waals surface area (Å²) in [6.45, 7) is 5.17. The van der Waals surface area contributed by atoms with Crippen LogP contribution in [0.2, 0.25) is 0 Å². The molecule has 2 unspecified atom stereocenters. The smallest absolute Gasteiger partial charge is 0.224 e. The van der Waals surface area contributed by atoms with Gasteiger partial charge in [-0.3, -0.25) is 4.79 Å². The van der Waals surface area contributed by atoms with E-state index in [0.29, 0.717) is 13.0 Å². The molecule has 0 aromatic heterocycles. The topological polar surface area (TPSA) is 41.6 Å². The fourth-order valence-electron chi connectivity index (χ4n) is 3.05. The molecule has 2 heterocycles. The molecular formula is C17H25ClN2O2S. The molecule has 2 aliphatic rings. The third-order valence-electron chi connectivity index (χ3n) is 4.33. The Morgan fingerprint density at radius 3 is 2.87 bits per heavy atom. The van der Waals surface area contributed by atoms with E-state index in [4.69, 9.17) is 4.74 Å². The number of benzene rings is 1. The Morgan fingerprint density at radius 2 is 2.17 bits per heavy atom. The van der Waals surface area contributed by atoms with E-state index in [2.05, 4.69) is 41.4 Å². The van der Waals surface area contributed by atoms with Crippen LogP contribution >= 0.6 is 24.2 Å². The van der Waals surface area contributed by atoms with Crippen LogP contribution in [-0.2, 0) is 9.53 Å². The number of rotatable bonds is 3. The highest BCUT2D eigenvalue weighted by Gasteiger charge is 2.30. The van der Waals surface area contributed by atoms with E-state index < -0.39 is 0 Å². The van der Waals surface area contributed by atoms with Gasteiger partial charge >= 0.3 is 0 Å². The van der Waals surface area contributed by atoms with Crippen LogP contribution < -0.4 is 5.32 Å². The van der Waals surface area contributed by atoms with E-state index in [0.717, 1.165) is 31.2 Å². The molecule has 2 fully saturated rings. The minimum Gasteiger partial charge on any atom is -0.378 e. The summed E-state index contributed by atoms with van der Waals surface area (Å²) < 4.78 is 5.46. The van der Waals surface area contributed by atoms with E-state index in [-0.39, 0.29) is 30.4 Å². The average Bonchev–Trinajstić information content (AvgIpc) is 2.56. The number of thioether (sulfide) groups is 1. The molecule has 1 aromatic carbocycles. The Labute approximate surface area is 148 Å². The lowest BCUT2D eigenvalue weighted by Crippen LogP contribution is -2.47. The summed E-state index contributed by atoms with van der Waals surface area (Å²) in [4.78, 5) is 14.8. The van der Waals surface area contributed by atoms with Gasteiger partial charge < -0.3 is 15.0 Å². The van der Waals surface area contributed by atoms with E-state index in [9.17, 15) is 4.79 Å². The minimum atomic E-state index is 0. The summed E-state index contributed by atoms with van der Waals surface area (Å²) in [5.74, 6) is 2.26. The maximum absolute atomic E-state index is 12.7. The highest BCUT2D eigenvalue weighted by molar-refractivity contribution is 7.99. The van der Waals surface area contributed by atoms with Gasteiger partial charge in [0.15, 0.2) is 0 Å². The number of aryl methyl sites for hydroxylation is 1. The van der Waals surface area contributed by atoms with Crippen LogP contribution in [0.1, 0.15) is 23.6 Å². The molecule has 2 saturated heterocycles. The first kappa shape index (κ1) is 18.6. The van der Waals surface area contributed by atoms with Crippen molar-refractivity contribution >= 4 is 30.1 Å². The molecule has 3 rings (SSSR count). The zero-order chi connectivity index (χ0) is 15.4. The molecule has 0 bridgehead atoms. The number of hydrogen-bond acceptors (Lipinski definition) is 4.